The lowest BCUT2D eigenvalue weighted by Crippen LogP contribution is -2.44. The molecule has 3 aromatic heterocycles. The molecule has 10 nitrogen and oxygen atoms in total. The van der Waals surface area contributed by atoms with Crippen LogP contribution in [0.3, 0.4) is 0 Å². The average Bonchev–Trinajstić information content (AvgIpc) is 3.40. The van der Waals surface area contributed by atoms with Gasteiger partial charge in [-0.3, -0.25) is 0 Å². The predicted molar refractivity (Wildman–Crippen MR) is 152 cm³/mol. The van der Waals surface area contributed by atoms with Crippen molar-refractivity contribution in [2.75, 3.05) is 18.4 Å². The number of likely N-dealkylation sites (tertiary alicyclic amines) is 1. The van der Waals surface area contributed by atoms with Gasteiger partial charge >= 0.3 is 6.09 Å². The van der Waals surface area contributed by atoms with Crippen LogP contribution < -0.4 is 10.1 Å². The Kier molecular flexibility index (Phi) is 6.73. The third kappa shape index (κ3) is 4.91. The monoisotopic (exact) mass is 535 g/mol. The highest BCUT2D eigenvalue weighted by Gasteiger charge is 2.24. The molecule has 2 N–H and O–H groups in total. The number of fused-ring (bicyclic) bond motifs is 1. The maximum absolute atomic E-state index is 11.4. The van der Waals surface area contributed by atoms with Crippen LogP contribution in [0, 0.1) is 13.8 Å². The van der Waals surface area contributed by atoms with Crippen LogP contribution in [0.1, 0.15) is 24.1 Å². The van der Waals surface area contributed by atoms with Crippen molar-refractivity contribution >= 4 is 22.8 Å². The van der Waals surface area contributed by atoms with E-state index in [2.05, 4.69) is 26.4 Å². The fourth-order valence-corrected chi connectivity index (χ4v) is 5.16. The molecule has 1 fully saturated rings. The summed E-state index contributed by atoms with van der Waals surface area (Å²) in [5, 5.41) is 19.1. The number of hydrogen-bond donors (Lipinski definition) is 2. The molecule has 1 saturated heterocycles. The van der Waals surface area contributed by atoms with E-state index >= 15 is 0 Å². The number of benzene rings is 2. The van der Waals surface area contributed by atoms with Crippen LogP contribution in [-0.4, -0.2) is 60.0 Å². The molecule has 0 unspecified atom stereocenters. The number of nitrogens with one attached hydrogen (secondary N) is 1. The van der Waals surface area contributed by atoms with Crippen molar-refractivity contribution in [3.63, 3.8) is 0 Å². The van der Waals surface area contributed by atoms with Gasteiger partial charge in [0.15, 0.2) is 0 Å². The third-order valence-corrected chi connectivity index (χ3v) is 7.17. The smallest absolute Gasteiger partial charge is 0.407 e. The molecule has 6 rings (SSSR count). The standard InChI is InChI=1S/C30H29N7O3/c1-19-10-11-22-23(7-3-9-26(22)37-20(2)12-16-33-37)27(19)40-28-24(8-4-14-31-28)25-13-15-32-29(35-25)34-21-6-5-17-36(18-21)30(38)39/h3-4,7-16,21H,5-6,17-18H2,1-2H3,(H,38,39)(H,32,34,35)/t21-/m0/s1. The van der Waals surface area contributed by atoms with Gasteiger partial charge in [0.2, 0.25) is 11.8 Å². The number of anilines is 1. The van der Waals surface area contributed by atoms with E-state index in [4.69, 9.17) is 9.72 Å². The zero-order chi connectivity index (χ0) is 27.6. The van der Waals surface area contributed by atoms with Crippen molar-refractivity contribution in [1.82, 2.24) is 29.6 Å². The summed E-state index contributed by atoms with van der Waals surface area (Å²) < 4.78 is 8.47. The zero-order valence-corrected chi connectivity index (χ0v) is 22.3. The number of ether oxygens (including phenoxy) is 1. The second-order valence-corrected chi connectivity index (χ2v) is 9.90. The van der Waals surface area contributed by atoms with Crippen LogP contribution in [0.2, 0.25) is 0 Å². The fourth-order valence-electron chi connectivity index (χ4n) is 5.16. The van der Waals surface area contributed by atoms with Crippen molar-refractivity contribution in [3.05, 3.63) is 84.4 Å². The first-order valence-electron chi connectivity index (χ1n) is 13.2. The molecule has 1 aliphatic heterocycles. The SMILES string of the molecule is Cc1ccc2c(-n3nccc3C)cccc2c1Oc1ncccc1-c1ccnc(N[C@H]2CCCN(C(=O)O)C2)n1. The molecular weight excluding hydrogens is 506 g/mol. The molecule has 0 spiro atoms. The zero-order valence-electron chi connectivity index (χ0n) is 22.3. The Morgan fingerprint density at radius 2 is 1.90 bits per heavy atom. The molecule has 0 saturated carbocycles. The van der Waals surface area contributed by atoms with Crippen molar-refractivity contribution in [2.24, 2.45) is 0 Å². The molecule has 1 amide bonds. The summed E-state index contributed by atoms with van der Waals surface area (Å²) in [4.78, 5) is 26.5. The van der Waals surface area contributed by atoms with Crippen LogP contribution in [0.4, 0.5) is 10.7 Å². The van der Waals surface area contributed by atoms with Crippen molar-refractivity contribution < 1.29 is 14.6 Å². The van der Waals surface area contributed by atoms with Gasteiger partial charge in [-0.05, 0) is 62.6 Å². The largest absolute Gasteiger partial charge is 0.465 e. The molecule has 4 heterocycles. The van der Waals surface area contributed by atoms with Crippen molar-refractivity contribution in [3.8, 4) is 28.6 Å². The van der Waals surface area contributed by atoms with Gasteiger partial charge in [0.1, 0.15) is 5.75 Å². The summed E-state index contributed by atoms with van der Waals surface area (Å²) in [5.74, 6) is 1.58. The van der Waals surface area contributed by atoms with E-state index in [1.54, 1.807) is 18.6 Å². The van der Waals surface area contributed by atoms with Gasteiger partial charge in [0, 0.05) is 54.2 Å². The summed E-state index contributed by atoms with van der Waals surface area (Å²) in [6, 6.07) is 17.7. The van der Waals surface area contributed by atoms with Gasteiger partial charge in [-0.2, -0.15) is 5.10 Å². The highest BCUT2D eigenvalue weighted by atomic mass is 16.5. The van der Waals surface area contributed by atoms with E-state index in [0.717, 1.165) is 46.1 Å². The van der Waals surface area contributed by atoms with Crippen LogP contribution in [0.5, 0.6) is 11.6 Å². The van der Waals surface area contributed by atoms with Gasteiger partial charge < -0.3 is 20.1 Å². The Morgan fingerprint density at radius 3 is 2.73 bits per heavy atom. The molecule has 0 bridgehead atoms. The topological polar surface area (TPSA) is 118 Å². The lowest BCUT2D eigenvalue weighted by atomic mass is 10.0. The molecule has 2 aromatic carbocycles. The maximum Gasteiger partial charge on any atom is 0.407 e. The fraction of sp³-hybridized carbons (Fsp3) is 0.233. The highest BCUT2D eigenvalue weighted by Crippen LogP contribution is 2.38. The summed E-state index contributed by atoms with van der Waals surface area (Å²) in [7, 11) is 0. The molecule has 40 heavy (non-hydrogen) atoms. The molecule has 10 heteroatoms. The van der Waals surface area contributed by atoms with E-state index in [1.165, 1.54) is 4.90 Å². The van der Waals surface area contributed by atoms with E-state index in [9.17, 15) is 9.90 Å². The Morgan fingerprint density at radius 1 is 1.00 bits per heavy atom. The first kappa shape index (κ1) is 25.3. The van der Waals surface area contributed by atoms with Crippen LogP contribution in [0.25, 0.3) is 27.7 Å². The number of hydrogen-bond acceptors (Lipinski definition) is 7. The average molecular weight is 536 g/mol. The van der Waals surface area contributed by atoms with Crippen LogP contribution in [0.15, 0.2) is 73.2 Å². The molecule has 202 valence electrons. The number of carboxylic acid groups (broad SMARTS) is 1. The van der Waals surface area contributed by atoms with Crippen LogP contribution in [-0.2, 0) is 0 Å². The number of pyridine rings is 1. The Balaban J connectivity index is 1.33. The summed E-state index contributed by atoms with van der Waals surface area (Å²) in [6.07, 6.45) is 5.90. The second-order valence-electron chi connectivity index (χ2n) is 9.90. The second kappa shape index (κ2) is 10.6. The van der Waals surface area contributed by atoms with Gasteiger partial charge in [-0.1, -0.05) is 24.3 Å². The molecule has 0 radical (unpaired) electrons. The van der Waals surface area contributed by atoms with Gasteiger partial charge in [-0.25, -0.2) is 24.4 Å². The molecule has 1 aliphatic rings. The van der Waals surface area contributed by atoms with Crippen molar-refractivity contribution in [2.45, 2.75) is 32.7 Å². The Hall–Kier alpha value is -4.99. The number of aryl methyl sites for hydroxylation is 2. The van der Waals surface area contributed by atoms with Gasteiger partial charge in [-0.15, -0.1) is 0 Å². The quantitative estimate of drug-likeness (QED) is 0.278. The van der Waals surface area contributed by atoms with E-state index in [-0.39, 0.29) is 6.04 Å². The van der Waals surface area contributed by atoms with E-state index < -0.39 is 6.09 Å². The van der Waals surface area contributed by atoms with E-state index in [1.807, 2.05) is 67.1 Å². The molecular formula is C30H29N7O3. The minimum atomic E-state index is -0.908. The summed E-state index contributed by atoms with van der Waals surface area (Å²) in [5.41, 5.74) is 4.36. The van der Waals surface area contributed by atoms with E-state index in [0.29, 0.717) is 36.4 Å². The van der Waals surface area contributed by atoms with Gasteiger partial charge in [0.05, 0.1) is 16.9 Å². The number of aromatic nitrogens is 5. The number of piperidine rings is 1. The first-order chi connectivity index (χ1) is 19.5. The third-order valence-electron chi connectivity index (χ3n) is 7.17. The molecule has 5 aromatic rings. The lowest BCUT2D eigenvalue weighted by Gasteiger charge is -2.31. The van der Waals surface area contributed by atoms with Crippen molar-refractivity contribution in [1.29, 1.82) is 0 Å². The number of nitrogens with zero attached hydrogens (tertiary/aromatic N) is 6. The maximum atomic E-state index is 11.4. The number of carbonyl (C=O) groups is 1. The predicted octanol–water partition coefficient (Wildman–Crippen LogP) is 5.84. The highest BCUT2D eigenvalue weighted by molar-refractivity contribution is 5.96. The first-order valence-corrected chi connectivity index (χ1v) is 13.2. The lowest BCUT2D eigenvalue weighted by molar-refractivity contribution is 0.132. The molecule has 0 aliphatic carbocycles. The van der Waals surface area contributed by atoms with Gasteiger partial charge in [0.25, 0.3) is 0 Å². The molecule has 1 atom stereocenters. The number of amides is 1. The van der Waals surface area contributed by atoms with Crippen LogP contribution >= 0.6 is 0 Å². The minimum Gasteiger partial charge on any atom is -0.465 e. The Bertz CT molecular complexity index is 1700. The normalized spacial score (nSPS) is 15.2. The Labute approximate surface area is 231 Å². The summed E-state index contributed by atoms with van der Waals surface area (Å²) >= 11 is 0. The minimum absolute atomic E-state index is 0.0596. The summed E-state index contributed by atoms with van der Waals surface area (Å²) in [6.45, 7) is 4.98. The number of rotatable bonds is 6.